The molecule has 1 saturated carbocycles. The third-order valence-electron chi connectivity index (χ3n) is 2.86. The van der Waals surface area contributed by atoms with Crippen LogP contribution in [0.4, 0.5) is 0 Å². The summed E-state index contributed by atoms with van der Waals surface area (Å²) < 4.78 is 10.6. The molecule has 0 bridgehead atoms. The zero-order valence-corrected chi connectivity index (χ0v) is 11.7. The number of hydrazine groups is 1. The van der Waals surface area contributed by atoms with Crippen LogP contribution in [-0.2, 0) is 9.47 Å². The first-order valence-electron chi connectivity index (χ1n) is 6.49. The number of methoxy groups -OCH3 is 1. The summed E-state index contributed by atoms with van der Waals surface area (Å²) in [6, 6.07) is 0.0795. The molecule has 0 radical (unpaired) electrons. The molecule has 0 aromatic heterocycles. The maximum atomic E-state index is 5.59. The van der Waals surface area contributed by atoms with E-state index in [4.69, 9.17) is 15.3 Å². The van der Waals surface area contributed by atoms with Crippen molar-refractivity contribution in [3.05, 3.63) is 0 Å². The first-order valence-corrected chi connectivity index (χ1v) is 6.49. The molecular weight excluding hydrogens is 232 g/mol. The highest BCUT2D eigenvalue weighted by Gasteiger charge is 2.21. The molecule has 1 aliphatic carbocycles. The zero-order valence-electron chi connectivity index (χ0n) is 11.7. The highest BCUT2D eigenvalue weighted by atomic mass is 16.5. The minimum atomic E-state index is 0.0795. The first-order chi connectivity index (χ1) is 8.67. The highest BCUT2D eigenvalue weighted by Crippen LogP contribution is 2.28. The molecular formula is C12H26N4O2. The highest BCUT2D eigenvalue weighted by molar-refractivity contribution is 5.79. The van der Waals surface area contributed by atoms with Gasteiger partial charge in [-0.2, -0.15) is 0 Å². The van der Waals surface area contributed by atoms with E-state index < -0.39 is 0 Å². The number of nitrogens with two attached hydrogens (primary N) is 1. The number of hydrogen-bond acceptors (Lipinski definition) is 4. The molecule has 0 aliphatic heterocycles. The van der Waals surface area contributed by atoms with Crippen LogP contribution in [-0.4, -0.2) is 57.4 Å². The summed E-state index contributed by atoms with van der Waals surface area (Å²) >= 11 is 0. The number of nitrogens with zero attached hydrogens (tertiary/aromatic N) is 2. The summed E-state index contributed by atoms with van der Waals surface area (Å²) in [4.78, 5) is 6.39. The van der Waals surface area contributed by atoms with Crippen LogP contribution in [0.5, 0.6) is 0 Å². The van der Waals surface area contributed by atoms with E-state index >= 15 is 0 Å². The van der Waals surface area contributed by atoms with E-state index in [1.165, 1.54) is 12.8 Å². The van der Waals surface area contributed by atoms with Crippen LogP contribution in [0.3, 0.4) is 0 Å². The maximum absolute atomic E-state index is 5.59. The van der Waals surface area contributed by atoms with E-state index in [-0.39, 0.29) is 6.04 Å². The second-order valence-electron chi connectivity index (χ2n) is 4.84. The Kier molecular flexibility index (Phi) is 7.00. The van der Waals surface area contributed by atoms with Crippen molar-refractivity contribution in [3.8, 4) is 0 Å². The fourth-order valence-electron chi connectivity index (χ4n) is 1.58. The fourth-order valence-corrected chi connectivity index (χ4v) is 1.58. The molecule has 1 atom stereocenters. The number of likely N-dealkylation sites (N-methyl/N-ethyl adjacent to an activating group) is 1. The van der Waals surface area contributed by atoms with Crippen molar-refractivity contribution in [1.82, 2.24) is 10.3 Å². The average molecular weight is 258 g/mol. The topological polar surface area (TPSA) is 72.1 Å². The van der Waals surface area contributed by atoms with Crippen molar-refractivity contribution in [2.24, 2.45) is 16.8 Å². The quantitative estimate of drug-likeness (QED) is 0.214. The van der Waals surface area contributed by atoms with Gasteiger partial charge >= 0.3 is 0 Å². The van der Waals surface area contributed by atoms with Crippen molar-refractivity contribution < 1.29 is 9.47 Å². The Morgan fingerprint density at radius 1 is 1.56 bits per heavy atom. The molecule has 0 spiro atoms. The van der Waals surface area contributed by atoms with Crippen molar-refractivity contribution in [1.29, 1.82) is 0 Å². The molecule has 1 aliphatic rings. The van der Waals surface area contributed by atoms with Gasteiger partial charge in [0.2, 0.25) is 5.96 Å². The van der Waals surface area contributed by atoms with Gasteiger partial charge in [0.15, 0.2) is 0 Å². The number of aliphatic imine (C=N–C) groups is 1. The summed E-state index contributed by atoms with van der Waals surface area (Å²) in [5, 5.41) is 0. The zero-order chi connectivity index (χ0) is 13.4. The van der Waals surface area contributed by atoms with Gasteiger partial charge in [-0.25, -0.2) is 10.8 Å². The molecule has 6 nitrogen and oxygen atoms in total. The molecule has 0 heterocycles. The van der Waals surface area contributed by atoms with E-state index in [1.54, 1.807) is 7.11 Å². The molecule has 0 saturated heterocycles. The second kappa shape index (κ2) is 8.29. The molecule has 1 fully saturated rings. The Morgan fingerprint density at radius 2 is 2.28 bits per heavy atom. The van der Waals surface area contributed by atoms with Gasteiger partial charge < -0.3 is 14.4 Å². The van der Waals surface area contributed by atoms with E-state index in [2.05, 4.69) is 10.4 Å². The second-order valence-corrected chi connectivity index (χ2v) is 4.84. The van der Waals surface area contributed by atoms with Crippen LogP contribution in [0, 0.1) is 5.92 Å². The number of hydrogen-bond donors (Lipinski definition) is 2. The van der Waals surface area contributed by atoms with Gasteiger partial charge in [0.25, 0.3) is 0 Å². The van der Waals surface area contributed by atoms with E-state index in [0.717, 1.165) is 19.1 Å². The lowest BCUT2D eigenvalue weighted by Crippen LogP contribution is -2.44. The van der Waals surface area contributed by atoms with E-state index in [9.17, 15) is 0 Å². The monoisotopic (exact) mass is 258 g/mol. The number of ether oxygens (including phenoxy) is 2. The Hall–Kier alpha value is -0.850. The van der Waals surface area contributed by atoms with Crippen LogP contribution in [0.25, 0.3) is 0 Å². The Labute approximate surface area is 109 Å². The van der Waals surface area contributed by atoms with Gasteiger partial charge in [-0.15, -0.1) is 0 Å². The van der Waals surface area contributed by atoms with Crippen LogP contribution in [0.1, 0.15) is 19.8 Å². The van der Waals surface area contributed by atoms with Crippen LogP contribution < -0.4 is 11.3 Å². The summed E-state index contributed by atoms with van der Waals surface area (Å²) in [6.45, 7) is 4.92. The predicted molar refractivity (Wildman–Crippen MR) is 72.3 cm³/mol. The SMILES string of the molecule is COCC(C)N=C(NN)N(C)CCOCC1CC1. The van der Waals surface area contributed by atoms with Crippen molar-refractivity contribution in [2.75, 3.05) is 40.5 Å². The lowest BCUT2D eigenvalue weighted by molar-refractivity contribution is 0.115. The van der Waals surface area contributed by atoms with E-state index in [1.807, 2.05) is 18.9 Å². The standard InChI is InChI=1S/C12H26N4O2/c1-10(8-17-3)14-12(15-13)16(2)6-7-18-9-11-4-5-11/h10-11H,4-9,13H2,1-3H3,(H,14,15). The number of nitrogens with one attached hydrogen (secondary N) is 1. The van der Waals surface area contributed by atoms with Gasteiger partial charge in [-0.3, -0.25) is 5.43 Å². The molecule has 0 aromatic rings. The Bertz CT molecular complexity index is 256. The van der Waals surface area contributed by atoms with E-state index in [0.29, 0.717) is 19.2 Å². The molecule has 6 heteroatoms. The largest absolute Gasteiger partial charge is 0.382 e. The van der Waals surface area contributed by atoms with Gasteiger partial charge in [0.1, 0.15) is 0 Å². The minimum absolute atomic E-state index is 0.0795. The third-order valence-corrected chi connectivity index (χ3v) is 2.86. The Morgan fingerprint density at radius 3 is 2.83 bits per heavy atom. The van der Waals surface area contributed by atoms with Crippen LogP contribution in [0.2, 0.25) is 0 Å². The molecule has 0 amide bonds. The van der Waals surface area contributed by atoms with Gasteiger partial charge in [0, 0.05) is 27.3 Å². The number of rotatable bonds is 8. The molecule has 106 valence electrons. The number of guanidine groups is 1. The summed E-state index contributed by atoms with van der Waals surface area (Å²) in [6.07, 6.45) is 2.64. The summed E-state index contributed by atoms with van der Waals surface area (Å²) in [7, 11) is 3.61. The predicted octanol–water partition coefficient (Wildman–Crippen LogP) is 0.199. The average Bonchev–Trinajstić information content (AvgIpc) is 3.15. The summed E-state index contributed by atoms with van der Waals surface area (Å²) in [5.41, 5.74) is 2.62. The molecule has 18 heavy (non-hydrogen) atoms. The molecule has 1 unspecified atom stereocenters. The van der Waals surface area contributed by atoms with Crippen LogP contribution in [0.15, 0.2) is 4.99 Å². The smallest absolute Gasteiger partial charge is 0.208 e. The van der Waals surface area contributed by atoms with Gasteiger partial charge in [-0.05, 0) is 25.7 Å². The lowest BCUT2D eigenvalue weighted by Gasteiger charge is -2.21. The summed E-state index contributed by atoms with van der Waals surface area (Å²) in [5.74, 6) is 6.94. The van der Waals surface area contributed by atoms with Crippen molar-refractivity contribution >= 4 is 5.96 Å². The fraction of sp³-hybridized carbons (Fsp3) is 0.917. The maximum Gasteiger partial charge on any atom is 0.208 e. The minimum Gasteiger partial charge on any atom is -0.382 e. The third kappa shape index (κ3) is 6.18. The molecule has 1 rings (SSSR count). The van der Waals surface area contributed by atoms with Crippen LogP contribution >= 0.6 is 0 Å². The molecule has 0 aromatic carbocycles. The molecule has 3 N–H and O–H groups in total. The van der Waals surface area contributed by atoms with Crippen molar-refractivity contribution in [3.63, 3.8) is 0 Å². The first kappa shape index (κ1) is 15.2. The normalized spacial score (nSPS) is 17.7. The van der Waals surface area contributed by atoms with Gasteiger partial charge in [0.05, 0.1) is 19.3 Å². The van der Waals surface area contributed by atoms with Crippen molar-refractivity contribution in [2.45, 2.75) is 25.8 Å². The Balaban J connectivity index is 2.23. The van der Waals surface area contributed by atoms with Gasteiger partial charge in [-0.1, -0.05) is 0 Å². The lowest BCUT2D eigenvalue weighted by atomic mass is 10.4.